The van der Waals surface area contributed by atoms with E-state index < -0.39 is 77.8 Å². The fraction of sp³-hybridized carbons (Fsp3) is 0.768. The fourth-order valence-electron chi connectivity index (χ4n) is 11.0. The molecule has 72 heavy (non-hydrogen) atoms. The van der Waals surface area contributed by atoms with Crippen molar-refractivity contribution in [1.29, 1.82) is 0 Å². The van der Waals surface area contributed by atoms with Crippen LogP contribution in [0.2, 0.25) is 0 Å². The number of carbonyl (C=O) groups is 5. The number of rotatable bonds is 11. The maximum Gasteiger partial charge on any atom is 0.329 e. The molecule has 5 rings (SSSR count). The molecule has 1 saturated carbocycles. The Kier molecular flexibility index (Phi) is 23.5. The highest BCUT2D eigenvalue weighted by Gasteiger charge is 2.53. The zero-order chi connectivity index (χ0) is 52.7. The average molecular weight is 1010 g/mol. The van der Waals surface area contributed by atoms with Crippen LogP contribution in [0.25, 0.3) is 0 Å². The van der Waals surface area contributed by atoms with Crippen molar-refractivity contribution in [2.24, 2.45) is 41.4 Å². The summed E-state index contributed by atoms with van der Waals surface area (Å²) in [4.78, 5) is 72.7. The van der Waals surface area contributed by atoms with E-state index in [0.717, 1.165) is 12.0 Å². The third-order valence-electron chi connectivity index (χ3n) is 15.8. The fourth-order valence-corrected chi connectivity index (χ4v) is 11.0. The zero-order valence-electron chi connectivity index (χ0n) is 44.5. The summed E-state index contributed by atoms with van der Waals surface area (Å²) in [6, 6.07) is -1.15. The van der Waals surface area contributed by atoms with E-state index in [1.807, 2.05) is 58.1 Å². The second kappa shape index (κ2) is 28.4. The molecule has 0 aromatic carbocycles. The molecule has 16 heteroatoms. The van der Waals surface area contributed by atoms with Crippen molar-refractivity contribution in [3.05, 3.63) is 47.6 Å². The molecule has 1 unspecified atom stereocenters. The number of esters is 1. The van der Waals surface area contributed by atoms with Gasteiger partial charge < -0.3 is 53.4 Å². The van der Waals surface area contributed by atoms with Crippen LogP contribution in [-0.2, 0) is 57.1 Å². The second-order valence-corrected chi connectivity index (χ2v) is 21.7. The van der Waals surface area contributed by atoms with E-state index in [2.05, 4.69) is 0 Å². The Balaban J connectivity index is 1.47. The summed E-state index contributed by atoms with van der Waals surface area (Å²) in [7, 11) is 3.01. The highest BCUT2D eigenvalue weighted by molar-refractivity contribution is 6.39. The number of aliphatic hydroxyl groups is 3. The van der Waals surface area contributed by atoms with Crippen molar-refractivity contribution in [3.63, 3.8) is 0 Å². The largest absolute Gasteiger partial charge is 0.460 e. The van der Waals surface area contributed by atoms with Gasteiger partial charge in [-0.15, -0.1) is 0 Å². The first kappa shape index (κ1) is 59.4. The number of fused-ring (bicyclic) bond motifs is 3. The first-order valence-electron chi connectivity index (χ1n) is 26.7. The molecular weight excluding hydrogens is 927 g/mol. The number of amides is 1. The van der Waals surface area contributed by atoms with Crippen molar-refractivity contribution in [2.45, 2.75) is 180 Å². The van der Waals surface area contributed by atoms with Crippen LogP contribution in [0.15, 0.2) is 47.6 Å². The van der Waals surface area contributed by atoms with E-state index in [1.165, 1.54) is 12.0 Å². The number of piperidine rings is 1. The molecule has 1 aliphatic carbocycles. The molecule has 1 amide bonds. The van der Waals surface area contributed by atoms with Crippen molar-refractivity contribution < 1.29 is 72.5 Å². The van der Waals surface area contributed by atoms with Gasteiger partial charge in [-0.05, 0) is 107 Å². The molecule has 15 atom stereocenters. The molecule has 16 nitrogen and oxygen atoms in total. The maximum absolute atomic E-state index is 14.6. The van der Waals surface area contributed by atoms with Crippen LogP contribution in [0.3, 0.4) is 0 Å². The summed E-state index contributed by atoms with van der Waals surface area (Å²) < 4.78 is 41.8. The number of hydrogen-bond donors (Lipinski definition) is 3. The Bertz CT molecular complexity index is 1930. The first-order valence-corrected chi connectivity index (χ1v) is 26.7. The highest BCUT2D eigenvalue weighted by atomic mass is 16.6. The maximum atomic E-state index is 14.6. The quantitative estimate of drug-likeness (QED) is 0.119. The van der Waals surface area contributed by atoms with Gasteiger partial charge in [-0.1, -0.05) is 71.1 Å². The molecule has 4 aliphatic heterocycles. The summed E-state index contributed by atoms with van der Waals surface area (Å²) in [6.45, 7) is 14.6. The minimum atomic E-state index is -2.45. The predicted octanol–water partition coefficient (Wildman–Crippen LogP) is 6.21. The first-order chi connectivity index (χ1) is 34.3. The molecule has 4 heterocycles. The standard InChI is InChI=1S/C56H87NO15/c1-34-15-11-10-12-16-35(2)47(70-33-42-31-68-32-42)29-43-20-18-40(7)56(65,72-43)53(62)54(63)57-22-14-13-17-44(57)55(64)71-48(37(4)27-41-19-21-46(69-24-23-58)49(28-41)66-8)30-45(59)36(3)26-39(6)51(61)52(67-9)50(60)38(5)25-34/h10-12,15-16,26,34,36-38,40-44,46-49,51-52,58,61,65H,13-14,17-25,27-33H2,1-9H3/b12-10+,15-11+,35-16+,39-26+/t34-,36-,37-,38-,40-,41+,43+,44?,46-,47+,48+,49-,51-,52+,56-/m1/s1. The molecule has 5 aliphatic rings. The van der Waals surface area contributed by atoms with Gasteiger partial charge in [-0.2, -0.15) is 0 Å². The van der Waals surface area contributed by atoms with Gasteiger partial charge in [0.25, 0.3) is 11.7 Å². The van der Waals surface area contributed by atoms with Crippen LogP contribution in [-0.4, -0.2) is 158 Å². The molecule has 0 aromatic heterocycles. The smallest absolute Gasteiger partial charge is 0.329 e. The number of carbonyl (C=O) groups excluding carboxylic acids is 5. The van der Waals surface area contributed by atoms with Crippen LogP contribution < -0.4 is 0 Å². The molecule has 0 radical (unpaired) electrons. The Morgan fingerprint density at radius 3 is 2.28 bits per heavy atom. The number of cyclic esters (lactones) is 1. The highest BCUT2D eigenvalue weighted by Crippen LogP contribution is 2.38. The van der Waals surface area contributed by atoms with E-state index in [-0.39, 0.29) is 80.0 Å². The predicted molar refractivity (Wildman–Crippen MR) is 269 cm³/mol. The lowest BCUT2D eigenvalue weighted by molar-refractivity contribution is -0.266. The van der Waals surface area contributed by atoms with Gasteiger partial charge in [-0.3, -0.25) is 19.2 Å². The summed E-state index contributed by atoms with van der Waals surface area (Å²) in [5.74, 6) is -7.79. The van der Waals surface area contributed by atoms with Gasteiger partial charge in [0.1, 0.15) is 30.1 Å². The number of aliphatic hydroxyl groups excluding tert-OH is 2. The number of ether oxygens (including phenoxy) is 7. The summed E-state index contributed by atoms with van der Waals surface area (Å²) >= 11 is 0. The minimum Gasteiger partial charge on any atom is -0.460 e. The Hall–Kier alpha value is -3.45. The summed E-state index contributed by atoms with van der Waals surface area (Å²) in [5, 5.41) is 33.0. The molecule has 3 N–H and O–H groups in total. The van der Waals surface area contributed by atoms with E-state index in [4.69, 9.17) is 33.2 Å². The number of hydrogen-bond acceptors (Lipinski definition) is 15. The number of ketones is 3. The SMILES string of the molecule is CO[C@@H]1C[C@H](C[C@@H](C)[C@@H]2CC(=O)[C@H](C)/C=C(\C)[C@@H](O)[C@@H](OC)C(=O)[C@H](C)C[C@H](C)/C=C/C=C/C=C(\C)[C@@H](OCC3COC3)C[C@@H]3CC[C@@H](C)[C@@](O)(O3)C(=O)C(=O)N3CCCCC3C(=O)O2)CC[C@H]1OCCO. The molecule has 0 aromatic rings. The molecule has 406 valence electrons. The van der Waals surface area contributed by atoms with Crippen LogP contribution in [0.1, 0.15) is 126 Å². The third kappa shape index (κ3) is 16.0. The van der Waals surface area contributed by atoms with Crippen LogP contribution in [0.4, 0.5) is 0 Å². The van der Waals surface area contributed by atoms with Gasteiger partial charge >= 0.3 is 5.97 Å². The lowest BCUT2D eigenvalue weighted by Gasteiger charge is -2.43. The number of Topliss-reactive ketones (excluding diaryl/α,β-unsaturated/α-hetero) is 3. The Morgan fingerprint density at radius 1 is 0.847 bits per heavy atom. The second-order valence-electron chi connectivity index (χ2n) is 21.7. The van der Waals surface area contributed by atoms with Crippen molar-refractivity contribution in [1.82, 2.24) is 4.90 Å². The van der Waals surface area contributed by atoms with Gasteiger partial charge in [0.15, 0.2) is 5.78 Å². The van der Waals surface area contributed by atoms with Crippen LogP contribution >= 0.6 is 0 Å². The number of nitrogens with zero attached hydrogens (tertiary/aromatic N) is 1. The number of methoxy groups -OCH3 is 2. The summed E-state index contributed by atoms with van der Waals surface area (Å²) in [5.41, 5.74) is 1.28. The van der Waals surface area contributed by atoms with E-state index in [0.29, 0.717) is 83.2 Å². The Morgan fingerprint density at radius 2 is 1.60 bits per heavy atom. The van der Waals surface area contributed by atoms with Crippen molar-refractivity contribution in [2.75, 3.05) is 53.8 Å². The molecule has 4 fully saturated rings. The van der Waals surface area contributed by atoms with Crippen molar-refractivity contribution in [3.8, 4) is 0 Å². The van der Waals surface area contributed by atoms with Crippen LogP contribution in [0.5, 0.6) is 0 Å². The number of allylic oxidation sites excluding steroid dienone is 6. The van der Waals surface area contributed by atoms with Gasteiger partial charge in [0.05, 0.1) is 57.5 Å². The lowest BCUT2D eigenvalue weighted by Crippen LogP contribution is -2.61. The van der Waals surface area contributed by atoms with E-state index in [9.17, 15) is 39.3 Å². The van der Waals surface area contributed by atoms with Crippen molar-refractivity contribution >= 4 is 29.2 Å². The van der Waals surface area contributed by atoms with Gasteiger partial charge in [0.2, 0.25) is 5.79 Å². The zero-order valence-corrected chi connectivity index (χ0v) is 44.5. The van der Waals surface area contributed by atoms with E-state index >= 15 is 0 Å². The monoisotopic (exact) mass is 1010 g/mol. The average Bonchev–Trinajstić information content (AvgIpc) is 3.34. The van der Waals surface area contributed by atoms with Gasteiger partial charge in [-0.25, -0.2) is 4.79 Å². The topological polar surface area (TPSA) is 214 Å². The molecule has 3 saturated heterocycles. The lowest BCUT2D eigenvalue weighted by atomic mass is 9.78. The summed E-state index contributed by atoms with van der Waals surface area (Å²) in [6.07, 6.45) is 12.0. The van der Waals surface area contributed by atoms with E-state index in [1.54, 1.807) is 34.0 Å². The minimum absolute atomic E-state index is 0.00566. The van der Waals surface area contributed by atoms with Gasteiger partial charge in [0, 0.05) is 57.3 Å². The third-order valence-corrected chi connectivity index (χ3v) is 15.8. The molecule has 0 spiro atoms. The van der Waals surface area contributed by atoms with Crippen LogP contribution in [0, 0.1) is 41.4 Å². The molecular formula is C56H87NO15. The molecule has 2 bridgehead atoms. The Labute approximate surface area is 428 Å². The normalized spacial score (nSPS) is 38.9.